The molecule has 57 heavy (non-hydrogen) atoms. The summed E-state index contributed by atoms with van der Waals surface area (Å²) in [5.41, 5.74) is 2.43. The van der Waals surface area contributed by atoms with Crippen molar-refractivity contribution in [3.63, 3.8) is 0 Å². The van der Waals surface area contributed by atoms with Gasteiger partial charge in [-0.3, -0.25) is 14.3 Å². The summed E-state index contributed by atoms with van der Waals surface area (Å²) in [7, 11) is 0. The van der Waals surface area contributed by atoms with Crippen molar-refractivity contribution < 1.29 is 42.5 Å². The van der Waals surface area contributed by atoms with Crippen LogP contribution in [0.4, 0.5) is 9.59 Å². The molecule has 13 heteroatoms. The number of fused-ring (bicyclic) bond motifs is 2. The second-order valence-corrected chi connectivity index (χ2v) is 14.2. The fraction of sp³-hybridized carbons (Fsp3) is 0.273. The van der Waals surface area contributed by atoms with Crippen LogP contribution in [0.5, 0.6) is 0 Å². The SMILES string of the molecule is C[C@H](NC(=O)C(C)(Cc1cn(C(=O)OCOC(=O)c2ccc(CN3CCOCC3)cc2)c2ccccc12)NC(=O)OCc1cc2ccccc2o1)c1ccccc1. The van der Waals surface area contributed by atoms with E-state index in [9.17, 15) is 19.2 Å². The van der Waals surface area contributed by atoms with E-state index in [-0.39, 0.29) is 13.0 Å². The summed E-state index contributed by atoms with van der Waals surface area (Å²) >= 11 is 0. The lowest BCUT2D eigenvalue weighted by Crippen LogP contribution is -2.58. The number of carbonyl (C=O) groups is 4. The molecule has 7 rings (SSSR count). The summed E-state index contributed by atoms with van der Waals surface area (Å²) in [4.78, 5) is 56.0. The van der Waals surface area contributed by atoms with Crippen molar-refractivity contribution in [2.24, 2.45) is 0 Å². The molecule has 4 aromatic carbocycles. The Kier molecular flexibility index (Phi) is 12.0. The van der Waals surface area contributed by atoms with E-state index in [1.807, 2.05) is 79.7 Å². The number of carbonyl (C=O) groups excluding carboxylic acids is 4. The van der Waals surface area contributed by atoms with Gasteiger partial charge in [-0.05, 0) is 60.9 Å². The summed E-state index contributed by atoms with van der Waals surface area (Å²) in [5, 5.41) is 7.33. The van der Waals surface area contributed by atoms with Crippen LogP contribution in [-0.4, -0.2) is 72.2 Å². The first kappa shape index (κ1) is 38.8. The molecule has 6 aromatic rings. The molecule has 2 amide bonds. The van der Waals surface area contributed by atoms with E-state index in [4.69, 9.17) is 23.4 Å². The summed E-state index contributed by atoms with van der Waals surface area (Å²) in [6.45, 7) is 6.54. The number of esters is 1. The highest BCUT2D eigenvalue weighted by molar-refractivity contribution is 5.95. The van der Waals surface area contributed by atoms with Crippen molar-refractivity contribution >= 4 is 45.9 Å². The smallest absolute Gasteiger partial charge is 0.421 e. The molecular weight excluding hydrogens is 729 g/mol. The number of hydrogen-bond donors (Lipinski definition) is 2. The highest BCUT2D eigenvalue weighted by atomic mass is 16.7. The monoisotopic (exact) mass is 772 g/mol. The first-order valence-electron chi connectivity index (χ1n) is 18.8. The third-order valence-corrected chi connectivity index (χ3v) is 9.96. The number of para-hydroxylation sites is 2. The maximum Gasteiger partial charge on any atom is 0.421 e. The van der Waals surface area contributed by atoms with Gasteiger partial charge in [-0.2, -0.15) is 0 Å². The molecule has 1 fully saturated rings. The molecule has 294 valence electrons. The van der Waals surface area contributed by atoms with Crippen LogP contribution in [0.25, 0.3) is 21.9 Å². The Morgan fingerprint density at radius 2 is 1.56 bits per heavy atom. The minimum atomic E-state index is -1.56. The van der Waals surface area contributed by atoms with Crippen LogP contribution in [0, 0.1) is 0 Å². The molecule has 3 heterocycles. The lowest BCUT2D eigenvalue weighted by atomic mass is 9.91. The molecule has 2 N–H and O–H groups in total. The maximum atomic E-state index is 14.1. The van der Waals surface area contributed by atoms with E-state index >= 15 is 0 Å². The number of alkyl carbamates (subject to hydrolysis) is 1. The van der Waals surface area contributed by atoms with Crippen LogP contribution in [-0.2, 0) is 43.3 Å². The Labute approximate surface area is 329 Å². The lowest BCUT2D eigenvalue weighted by Gasteiger charge is -2.30. The molecule has 2 aromatic heterocycles. The predicted molar refractivity (Wildman–Crippen MR) is 211 cm³/mol. The maximum absolute atomic E-state index is 14.1. The number of rotatable bonds is 13. The Balaban J connectivity index is 1.04. The topological polar surface area (TPSA) is 151 Å². The molecule has 1 unspecified atom stereocenters. The Bertz CT molecular complexity index is 2320. The van der Waals surface area contributed by atoms with Gasteiger partial charge in [0, 0.05) is 43.0 Å². The molecule has 0 spiro atoms. The zero-order valence-corrected chi connectivity index (χ0v) is 31.8. The van der Waals surface area contributed by atoms with Gasteiger partial charge in [0.2, 0.25) is 12.7 Å². The van der Waals surface area contributed by atoms with E-state index in [2.05, 4.69) is 15.5 Å². The van der Waals surface area contributed by atoms with Crippen LogP contribution >= 0.6 is 0 Å². The van der Waals surface area contributed by atoms with Crippen LogP contribution < -0.4 is 10.6 Å². The van der Waals surface area contributed by atoms with Gasteiger partial charge in [0.25, 0.3) is 0 Å². The van der Waals surface area contributed by atoms with Gasteiger partial charge in [0.1, 0.15) is 16.9 Å². The number of aromatic nitrogens is 1. The Hall–Kier alpha value is -6.44. The fourth-order valence-corrected chi connectivity index (χ4v) is 6.84. The van der Waals surface area contributed by atoms with E-state index in [1.165, 1.54) is 4.57 Å². The van der Waals surface area contributed by atoms with Crippen molar-refractivity contribution in [3.8, 4) is 0 Å². The van der Waals surface area contributed by atoms with Gasteiger partial charge >= 0.3 is 18.2 Å². The minimum Gasteiger partial charge on any atom is -0.457 e. The van der Waals surface area contributed by atoms with E-state index in [0.29, 0.717) is 46.6 Å². The number of nitrogens with zero attached hydrogens (tertiary/aromatic N) is 2. The van der Waals surface area contributed by atoms with E-state index in [0.717, 1.165) is 36.1 Å². The van der Waals surface area contributed by atoms with Gasteiger partial charge in [-0.1, -0.05) is 78.9 Å². The predicted octanol–water partition coefficient (Wildman–Crippen LogP) is 7.12. The summed E-state index contributed by atoms with van der Waals surface area (Å²) < 4.78 is 28.7. The average Bonchev–Trinajstić information content (AvgIpc) is 3.82. The third kappa shape index (κ3) is 9.51. The molecule has 0 saturated carbocycles. The number of ether oxygens (including phenoxy) is 4. The number of hydrogen-bond acceptors (Lipinski definition) is 10. The van der Waals surface area contributed by atoms with Gasteiger partial charge < -0.3 is 34.0 Å². The number of benzene rings is 4. The lowest BCUT2D eigenvalue weighted by molar-refractivity contribution is -0.127. The second kappa shape index (κ2) is 17.6. The number of furan rings is 1. The quantitative estimate of drug-likeness (QED) is 0.0918. The van der Waals surface area contributed by atoms with Gasteiger partial charge in [0.15, 0.2) is 6.61 Å². The molecule has 1 aliphatic heterocycles. The van der Waals surface area contributed by atoms with E-state index < -0.39 is 42.4 Å². The van der Waals surface area contributed by atoms with Crippen molar-refractivity contribution in [2.75, 3.05) is 33.1 Å². The average molecular weight is 773 g/mol. The first-order chi connectivity index (χ1) is 27.6. The zero-order valence-electron chi connectivity index (χ0n) is 31.8. The Morgan fingerprint density at radius 3 is 2.33 bits per heavy atom. The number of nitrogens with one attached hydrogen (secondary N) is 2. The molecule has 0 radical (unpaired) electrons. The van der Waals surface area contributed by atoms with Crippen molar-refractivity contribution in [1.82, 2.24) is 20.1 Å². The molecule has 0 aliphatic carbocycles. The normalized spacial score (nSPS) is 14.7. The summed E-state index contributed by atoms with van der Waals surface area (Å²) in [6.07, 6.45) is -0.113. The van der Waals surface area contributed by atoms with Crippen molar-refractivity contribution in [2.45, 2.75) is 45.0 Å². The van der Waals surface area contributed by atoms with Crippen LogP contribution in [0.3, 0.4) is 0 Å². The molecule has 0 bridgehead atoms. The Morgan fingerprint density at radius 1 is 0.842 bits per heavy atom. The fourth-order valence-electron chi connectivity index (χ4n) is 6.84. The van der Waals surface area contributed by atoms with Gasteiger partial charge in [-0.25, -0.2) is 14.4 Å². The van der Waals surface area contributed by atoms with Crippen molar-refractivity contribution in [3.05, 3.63) is 143 Å². The highest BCUT2D eigenvalue weighted by Crippen LogP contribution is 2.27. The summed E-state index contributed by atoms with van der Waals surface area (Å²) in [5.74, 6) is -0.664. The van der Waals surface area contributed by atoms with E-state index in [1.54, 1.807) is 49.5 Å². The molecule has 1 saturated heterocycles. The molecule has 13 nitrogen and oxygen atoms in total. The zero-order chi connectivity index (χ0) is 39.8. The highest BCUT2D eigenvalue weighted by Gasteiger charge is 2.38. The van der Waals surface area contributed by atoms with Crippen molar-refractivity contribution in [1.29, 1.82) is 0 Å². The van der Waals surface area contributed by atoms with Gasteiger partial charge in [0.05, 0.1) is 30.3 Å². The standard InChI is InChI=1S/C44H44N4O9/c1-30(32-10-4-3-5-11-32)45-41(50)44(2,46-42(51)54-28-36-24-34-12-6-9-15-39(34)57-36)25-35-27-48(38-14-8-7-13-37(35)38)43(52)56-29-55-40(49)33-18-16-31(17-19-33)26-47-20-22-53-23-21-47/h3-19,24,27,30H,20-23,25-26,28-29H2,1-2H3,(H,45,50)(H,46,51)/t30-,44?/m0/s1. The largest absolute Gasteiger partial charge is 0.457 e. The van der Waals surface area contributed by atoms with Crippen LogP contribution in [0.15, 0.2) is 120 Å². The number of morpholine rings is 1. The first-order valence-corrected chi connectivity index (χ1v) is 18.8. The third-order valence-electron chi connectivity index (χ3n) is 9.96. The molecule has 2 atom stereocenters. The second-order valence-electron chi connectivity index (χ2n) is 14.2. The van der Waals surface area contributed by atoms with Crippen LogP contribution in [0.2, 0.25) is 0 Å². The van der Waals surface area contributed by atoms with Gasteiger partial charge in [-0.15, -0.1) is 0 Å². The minimum absolute atomic E-state index is 0.0304. The summed E-state index contributed by atoms with van der Waals surface area (Å²) in [6, 6.07) is 32.5. The molecule has 1 aliphatic rings. The van der Waals surface area contributed by atoms with Crippen LogP contribution in [0.1, 0.15) is 52.7 Å². The molecular formula is C44H44N4O9. The number of amides is 2.